The van der Waals surface area contributed by atoms with Crippen LogP contribution < -0.4 is 19.7 Å². The molecule has 2 aliphatic heterocycles. The number of pyridine rings is 1. The van der Waals surface area contributed by atoms with Gasteiger partial charge in [-0.3, -0.25) is 9.78 Å². The van der Waals surface area contributed by atoms with E-state index < -0.39 is 0 Å². The fourth-order valence-corrected chi connectivity index (χ4v) is 2.88. The van der Waals surface area contributed by atoms with Gasteiger partial charge in [0.25, 0.3) is 5.91 Å². The number of aromatic nitrogens is 1. The van der Waals surface area contributed by atoms with Crippen molar-refractivity contribution in [3.05, 3.63) is 42.2 Å². The maximum atomic E-state index is 12.4. The third-order valence-electron chi connectivity index (χ3n) is 4.09. The average molecular weight is 311 g/mol. The monoisotopic (exact) mass is 311 g/mol. The van der Waals surface area contributed by atoms with E-state index in [2.05, 4.69) is 15.2 Å². The van der Waals surface area contributed by atoms with Crippen LogP contribution in [0.2, 0.25) is 0 Å². The van der Waals surface area contributed by atoms with Gasteiger partial charge in [0.05, 0.1) is 17.4 Å². The normalized spacial score (nSPS) is 15.7. The summed E-state index contributed by atoms with van der Waals surface area (Å²) in [6.45, 7) is 2.26. The lowest BCUT2D eigenvalue weighted by atomic mass is 10.2. The smallest absolute Gasteiger partial charge is 0.257 e. The Bertz CT molecular complexity index is 742. The van der Waals surface area contributed by atoms with Crippen molar-refractivity contribution in [2.24, 2.45) is 0 Å². The van der Waals surface area contributed by atoms with Crippen molar-refractivity contribution in [2.45, 2.75) is 12.8 Å². The lowest BCUT2D eigenvalue weighted by Crippen LogP contribution is -2.19. The fourth-order valence-electron chi connectivity index (χ4n) is 2.88. The van der Waals surface area contributed by atoms with Gasteiger partial charge in [-0.15, -0.1) is 0 Å². The molecule has 4 rings (SSSR count). The molecular weight excluding hydrogens is 294 g/mol. The minimum Gasteiger partial charge on any atom is -0.454 e. The lowest BCUT2D eigenvalue weighted by Gasteiger charge is -2.17. The molecule has 1 aromatic carbocycles. The van der Waals surface area contributed by atoms with Crippen LogP contribution in [0.15, 0.2) is 36.7 Å². The third-order valence-corrected chi connectivity index (χ3v) is 4.09. The number of hydrogen-bond acceptors (Lipinski definition) is 5. The van der Waals surface area contributed by atoms with Gasteiger partial charge in [-0.1, -0.05) is 0 Å². The zero-order chi connectivity index (χ0) is 15.6. The maximum Gasteiger partial charge on any atom is 0.257 e. The SMILES string of the molecule is O=C(Nc1ccc2c(c1)OCO2)c1cncc(N2CCCC2)c1. The quantitative estimate of drug-likeness (QED) is 0.944. The molecule has 3 heterocycles. The molecule has 2 aliphatic rings. The van der Waals surface area contributed by atoms with Crippen LogP contribution in [0.4, 0.5) is 11.4 Å². The van der Waals surface area contributed by atoms with Gasteiger partial charge in [0.2, 0.25) is 6.79 Å². The van der Waals surface area contributed by atoms with Gasteiger partial charge in [0, 0.05) is 31.0 Å². The van der Waals surface area contributed by atoms with Crippen LogP contribution in [0.25, 0.3) is 0 Å². The molecule has 1 saturated heterocycles. The van der Waals surface area contributed by atoms with Gasteiger partial charge in [-0.05, 0) is 31.0 Å². The molecule has 6 nitrogen and oxygen atoms in total. The first-order valence-corrected chi connectivity index (χ1v) is 7.70. The first kappa shape index (κ1) is 13.9. The van der Waals surface area contributed by atoms with E-state index in [1.54, 1.807) is 24.4 Å². The summed E-state index contributed by atoms with van der Waals surface area (Å²) in [5.41, 5.74) is 2.22. The number of nitrogens with zero attached hydrogens (tertiary/aromatic N) is 2. The van der Waals surface area contributed by atoms with Crippen molar-refractivity contribution in [1.29, 1.82) is 0 Å². The third kappa shape index (κ3) is 2.79. The molecule has 0 radical (unpaired) electrons. The van der Waals surface area contributed by atoms with Crippen LogP contribution in [0.1, 0.15) is 23.2 Å². The summed E-state index contributed by atoms with van der Waals surface area (Å²) >= 11 is 0. The number of carbonyl (C=O) groups is 1. The van der Waals surface area contributed by atoms with Crippen molar-refractivity contribution in [3.63, 3.8) is 0 Å². The number of benzene rings is 1. The molecule has 0 spiro atoms. The van der Waals surface area contributed by atoms with Crippen LogP contribution in [0.5, 0.6) is 11.5 Å². The number of ether oxygens (including phenoxy) is 2. The number of rotatable bonds is 3. The van der Waals surface area contributed by atoms with Crippen LogP contribution >= 0.6 is 0 Å². The summed E-state index contributed by atoms with van der Waals surface area (Å²) in [4.78, 5) is 18.9. The zero-order valence-electron chi connectivity index (χ0n) is 12.6. The van der Waals surface area contributed by atoms with Gasteiger partial charge >= 0.3 is 0 Å². The Morgan fingerprint density at radius 2 is 1.91 bits per heavy atom. The fraction of sp³-hybridized carbons (Fsp3) is 0.294. The van der Waals surface area contributed by atoms with E-state index in [0.717, 1.165) is 18.8 Å². The molecule has 0 atom stereocenters. The highest BCUT2D eigenvalue weighted by atomic mass is 16.7. The van der Waals surface area contributed by atoms with Gasteiger partial charge in [0.15, 0.2) is 11.5 Å². The largest absolute Gasteiger partial charge is 0.454 e. The molecule has 6 heteroatoms. The van der Waals surface area contributed by atoms with Crippen LogP contribution in [0.3, 0.4) is 0 Å². The summed E-state index contributed by atoms with van der Waals surface area (Å²) < 4.78 is 10.6. The summed E-state index contributed by atoms with van der Waals surface area (Å²) in [5, 5.41) is 2.87. The Kier molecular flexibility index (Phi) is 3.49. The van der Waals surface area contributed by atoms with E-state index in [1.807, 2.05) is 12.3 Å². The lowest BCUT2D eigenvalue weighted by molar-refractivity contribution is 0.102. The summed E-state index contributed by atoms with van der Waals surface area (Å²) in [6, 6.07) is 7.23. The first-order valence-electron chi connectivity index (χ1n) is 7.70. The molecule has 1 aromatic heterocycles. The predicted octanol–water partition coefficient (Wildman–Crippen LogP) is 2.66. The number of nitrogens with one attached hydrogen (secondary N) is 1. The average Bonchev–Trinajstić information content (AvgIpc) is 3.26. The number of carbonyl (C=O) groups excluding carboxylic acids is 1. The van der Waals surface area contributed by atoms with E-state index in [9.17, 15) is 4.79 Å². The van der Waals surface area contributed by atoms with Crippen molar-refractivity contribution < 1.29 is 14.3 Å². The number of anilines is 2. The Morgan fingerprint density at radius 1 is 1.09 bits per heavy atom. The minimum atomic E-state index is -0.183. The molecule has 118 valence electrons. The number of fused-ring (bicyclic) bond motifs is 1. The molecule has 1 amide bonds. The second kappa shape index (κ2) is 5.79. The molecule has 2 aromatic rings. The van der Waals surface area contributed by atoms with E-state index in [-0.39, 0.29) is 12.7 Å². The highest BCUT2D eigenvalue weighted by Gasteiger charge is 2.17. The van der Waals surface area contributed by atoms with E-state index >= 15 is 0 Å². The first-order chi connectivity index (χ1) is 11.3. The van der Waals surface area contributed by atoms with E-state index in [4.69, 9.17) is 9.47 Å². The van der Waals surface area contributed by atoms with E-state index in [1.165, 1.54) is 12.8 Å². The Balaban J connectivity index is 1.51. The van der Waals surface area contributed by atoms with Crippen molar-refractivity contribution >= 4 is 17.3 Å². The minimum absolute atomic E-state index is 0.183. The van der Waals surface area contributed by atoms with Crippen LogP contribution in [-0.4, -0.2) is 30.8 Å². The van der Waals surface area contributed by atoms with Crippen molar-refractivity contribution in [1.82, 2.24) is 4.98 Å². The van der Waals surface area contributed by atoms with Crippen LogP contribution in [-0.2, 0) is 0 Å². The molecular formula is C17H17N3O3. The second-order valence-corrected chi connectivity index (χ2v) is 5.65. The molecule has 0 saturated carbocycles. The topological polar surface area (TPSA) is 63.7 Å². The van der Waals surface area contributed by atoms with Gasteiger partial charge in [0.1, 0.15) is 0 Å². The predicted molar refractivity (Wildman–Crippen MR) is 86.2 cm³/mol. The van der Waals surface area contributed by atoms with Gasteiger partial charge in [-0.25, -0.2) is 0 Å². The summed E-state index contributed by atoms with van der Waals surface area (Å²) in [7, 11) is 0. The van der Waals surface area contributed by atoms with Crippen molar-refractivity contribution in [3.8, 4) is 11.5 Å². The van der Waals surface area contributed by atoms with E-state index in [0.29, 0.717) is 22.7 Å². The molecule has 1 N–H and O–H groups in total. The summed E-state index contributed by atoms with van der Waals surface area (Å²) in [5.74, 6) is 1.16. The number of hydrogen-bond donors (Lipinski definition) is 1. The van der Waals surface area contributed by atoms with Gasteiger partial charge in [-0.2, -0.15) is 0 Å². The van der Waals surface area contributed by atoms with Crippen molar-refractivity contribution in [2.75, 3.05) is 30.1 Å². The molecule has 0 aliphatic carbocycles. The van der Waals surface area contributed by atoms with Crippen LogP contribution in [0, 0.1) is 0 Å². The molecule has 0 bridgehead atoms. The Labute approximate surface area is 134 Å². The molecule has 1 fully saturated rings. The van der Waals surface area contributed by atoms with Gasteiger partial charge < -0.3 is 19.7 Å². The second-order valence-electron chi connectivity index (χ2n) is 5.65. The molecule has 23 heavy (non-hydrogen) atoms. The summed E-state index contributed by atoms with van der Waals surface area (Å²) in [6.07, 6.45) is 5.77. The number of amides is 1. The Morgan fingerprint density at radius 3 is 2.78 bits per heavy atom. The molecule has 0 unspecified atom stereocenters. The zero-order valence-corrected chi connectivity index (χ0v) is 12.6. The standard InChI is InChI=1S/C17H17N3O3/c21-17(19-13-3-4-15-16(8-13)23-11-22-15)12-7-14(10-18-9-12)20-5-1-2-6-20/h3-4,7-10H,1-2,5-6,11H2,(H,19,21). The highest BCUT2D eigenvalue weighted by Crippen LogP contribution is 2.34. The Hall–Kier alpha value is -2.76. The highest BCUT2D eigenvalue weighted by molar-refractivity contribution is 6.04. The maximum absolute atomic E-state index is 12.4.